The number of nitrogens with one attached hydrogen (secondary N) is 3. The lowest BCUT2D eigenvalue weighted by atomic mass is 9.85. The van der Waals surface area contributed by atoms with Crippen LogP contribution in [-0.2, 0) is 6.42 Å². The number of aromatic nitrogens is 1. The molecule has 5 nitrogen and oxygen atoms in total. The second-order valence-electron chi connectivity index (χ2n) is 8.81. The molecule has 0 bridgehead atoms. The van der Waals surface area contributed by atoms with Crippen LogP contribution in [0.2, 0.25) is 0 Å². The van der Waals surface area contributed by atoms with Crippen LogP contribution in [0, 0.1) is 0 Å². The van der Waals surface area contributed by atoms with Gasteiger partial charge in [0.25, 0.3) is 0 Å². The first-order valence-corrected chi connectivity index (χ1v) is 12.2. The minimum absolute atomic E-state index is 0.332. The predicted molar refractivity (Wildman–Crippen MR) is 129 cm³/mol. The molecule has 0 radical (unpaired) electrons. The van der Waals surface area contributed by atoms with E-state index in [2.05, 4.69) is 27.5 Å². The number of nitrogens with zero attached hydrogens (tertiary/aromatic N) is 2. The molecule has 4 rings (SSSR count). The van der Waals surface area contributed by atoms with Crippen molar-refractivity contribution in [2.75, 3.05) is 37.3 Å². The highest BCUT2D eigenvalue weighted by atomic mass is 32.1. The van der Waals surface area contributed by atoms with Gasteiger partial charge in [-0.1, -0.05) is 30.9 Å². The zero-order valence-corrected chi connectivity index (χ0v) is 19.7. The Morgan fingerprint density at radius 3 is 2.91 bits per heavy atom. The van der Waals surface area contributed by atoms with E-state index < -0.39 is 24.0 Å². The molecule has 2 aliphatic heterocycles. The highest BCUT2D eigenvalue weighted by molar-refractivity contribution is 7.07. The van der Waals surface area contributed by atoms with Gasteiger partial charge in [0.2, 0.25) is 0 Å². The number of hydrogen-bond donors (Lipinski definition) is 3. The Bertz CT molecular complexity index is 1010. The van der Waals surface area contributed by atoms with Gasteiger partial charge in [0.1, 0.15) is 12.0 Å². The van der Waals surface area contributed by atoms with Gasteiger partial charge < -0.3 is 15.5 Å². The molecule has 2 aromatic rings. The molecule has 1 aromatic heterocycles. The third kappa shape index (κ3) is 5.79. The minimum atomic E-state index is -4.53. The van der Waals surface area contributed by atoms with E-state index in [1.165, 1.54) is 11.3 Å². The summed E-state index contributed by atoms with van der Waals surface area (Å²) >= 11 is 1.48. The van der Waals surface area contributed by atoms with Crippen LogP contribution in [0.25, 0.3) is 0 Å². The standard InChI is InChI=1S/C24H29F4N5S/c1-15(24(26,27)28)23-17-6-3-7-20(32-21-8-10-33(2)12-19(21)25)18(17)11-16(31-23)5-4-9-29-22-13-34-14-30-22/h3-7,13-14,16,19,21,23,29,31-32H,1,8-12H2,2H3/b5-4+/t16?,19-,21+,23?/m0/s1. The van der Waals surface area contributed by atoms with E-state index in [0.717, 1.165) is 17.9 Å². The number of halogens is 4. The zero-order chi connectivity index (χ0) is 24.3. The van der Waals surface area contributed by atoms with Gasteiger partial charge in [0.05, 0.1) is 17.6 Å². The lowest BCUT2D eigenvalue weighted by Gasteiger charge is -2.37. The van der Waals surface area contributed by atoms with Crippen LogP contribution in [0.15, 0.2) is 53.4 Å². The Kier molecular flexibility index (Phi) is 7.59. The first kappa shape index (κ1) is 24.7. The van der Waals surface area contributed by atoms with Gasteiger partial charge in [-0.15, -0.1) is 11.3 Å². The fourth-order valence-corrected chi connectivity index (χ4v) is 5.02. The van der Waals surface area contributed by atoms with E-state index >= 15 is 0 Å². The van der Waals surface area contributed by atoms with Crippen LogP contribution in [-0.4, -0.2) is 61.0 Å². The molecule has 0 aliphatic carbocycles. The summed E-state index contributed by atoms with van der Waals surface area (Å²) in [7, 11) is 1.88. The number of anilines is 2. The lowest BCUT2D eigenvalue weighted by Crippen LogP contribution is -2.46. The molecule has 4 atom stereocenters. The Morgan fingerprint density at radius 2 is 2.21 bits per heavy atom. The van der Waals surface area contributed by atoms with E-state index in [1.807, 2.05) is 35.5 Å². The molecule has 2 unspecified atom stereocenters. The SMILES string of the molecule is C=C(C1NC(/C=C/CNc2cscn2)Cc2c(N[C@@H]3CCN(C)C[C@@H]3F)cccc21)C(F)(F)F. The minimum Gasteiger partial charge on any atom is -0.379 e. The summed E-state index contributed by atoms with van der Waals surface area (Å²) < 4.78 is 55.6. The van der Waals surface area contributed by atoms with Crippen LogP contribution >= 0.6 is 11.3 Å². The van der Waals surface area contributed by atoms with Gasteiger partial charge in [0, 0.05) is 42.3 Å². The van der Waals surface area contributed by atoms with Crippen LogP contribution in [0.5, 0.6) is 0 Å². The smallest absolute Gasteiger partial charge is 0.379 e. The topological polar surface area (TPSA) is 52.2 Å². The van der Waals surface area contributed by atoms with Crippen molar-refractivity contribution in [2.24, 2.45) is 0 Å². The van der Waals surface area contributed by atoms with Crippen LogP contribution in [0.1, 0.15) is 23.6 Å². The maximum Gasteiger partial charge on any atom is 0.413 e. The quantitative estimate of drug-likeness (QED) is 0.375. The summed E-state index contributed by atoms with van der Waals surface area (Å²) in [5.41, 5.74) is 2.87. The third-order valence-electron chi connectivity index (χ3n) is 6.33. The second kappa shape index (κ2) is 10.5. The molecule has 1 aromatic carbocycles. The normalized spacial score (nSPS) is 25.8. The average Bonchev–Trinajstić information content (AvgIpc) is 3.31. The molecule has 0 spiro atoms. The number of piperidine rings is 1. The second-order valence-corrected chi connectivity index (χ2v) is 9.53. The van der Waals surface area contributed by atoms with Crippen molar-refractivity contribution >= 4 is 22.8 Å². The van der Waals surface area contributed by atoms with Gasteiger partial charge in [-0.05, 0) is 37.1 Å². The monoisotopic (exact) mass is 495 g/mol. The molecule has 184 valence electrons. The van der Waals surface area contributed by atoms with Crippen molar-refractivity contribution in [2.45, 2.75) is 43.3 Å². The van der Waals surface area contributed by atoms with Crippen molar-refractivity contribution in [1.29, 1.82) is 0 Å². The number of likely N-dealkylation sites (tertiary alicyclic amines) is 1. The van der Waals surface area contributed by atoms with Crippen molar-refractivity contribution in [3.8, 4) is 0 Å². The molecular weight excluding hydrogens is 466 g/mol. The van der Waals surface area contributed by atoms with Gasteiger partial charge in [-0.2, -0.15) is 13.2 Å². The van der Waals surface area contributed by atoms with Gasteiger partial charge in [-0.25, -0.2) is 9.37 Å². The van der Waals surface area contributed by atoms with E-state index in [-0.39, 0.29) is 12.1 Å². The third-order valence-corrected chi connectivity index (χ3v) is 6.91. The number of alkyl halides is 4. The van der Waals surface area contributed by atoms with Crippen molar-refractivity contribution in [3.63, 3.8) is 0 Å². The molecule has 0 amide bonds. The number of hydrogen-bond acceptors (Lipinski definition) is 6. The van der Waals surface area contributed by atoms with E-state index in [0.29, 0.717) is 37.2 Å². The van der Waals surface area contributed by atoms with Crippen molar-refractivity contribution < 1.29 is 17.6 Å². The summed E-state index contributed by atoms with van der Waals surface area (Å²) in [5.74, 6) is 0.755. The Morgan fingerprint density at radius 1 is 1.38 bits per heavy atom. The number of rotatable bonds is 7. The van der Waals surface area contributed by atoms with Gasteiger partial charge in [0.15, 0.2) is 0 Å². The summed E-state index contributed by atoms with van der Waals surface area (Å²) in [6.07, 6.45) is -0.733. The van der Waals surface area contributed by atoms with Gasteiger partial charge >= 0.3 is 6.18 Å². The molecule has 2 aliphatic rings. The van der Waals surface area contributed by atoms with E-state index in [4.69, 9.17) is 0 Å². The summed E-state index contributed by atoms with van der Waals surface area (Å²) in [6, 6.07) is 3.45. The fourth-order valence-electron chi connectivity index (χ4n) is 4.51. The molecule has 10 heteroatoms. The van der Waals surface area contributed by atoms with Crippen molar-refractivity contribution in [1.82, 2.24) is 15.2 Å². The molecule has 3 N–H and O–H groups in total. The molecule has 1 fully saturated rings. The first-order valence-electron chi connectivity index (χ1n) is 11.2. The first-order chi connectivity index (χ1) is 16.2. The summed E-state index contributed by atoms with van der Waals surface area (Å²) in [5, 5.41) is 11.4. The summed E-state index contributed by atoms with van der Waals surface area (Å²) in [6.45, 7) is 4.96. The Hall–Kier alpha value is -2.43. The number of fused-ring (bicyclic) bond motifs is 1. The predicted octanol–water partition coefficient (Wildman–Crippen LogP) is 4.94. The van der Waals surface area contributed by atoms with Crippen LogP contribution < -0.4 is 16.0 Å². The van der Waals surface area contributed by atoms with Crippen molar-refractivity contribution in [3.05, 3.63) is 64.5 Å². The maximum atomic E-state index is 14.7. The zero-order valence-electron chi connectivity index (χ0n) is 18.9. The van der Waals surface area contributed by atoms with Gasteiger partial charge in [-0.3, -0.25) is 5.32 Å². The van der Waals surface area contributed by atoms with E-state index in [9.17, 15) is 17.6 Å². The maximum absolute atomic E-state index is 14.7. The molecular formula is C24H29F4N5S. The largest absolute Gasteiger partial charge is 0.413 e. The number of benzene rings is 1. The Balaban J connectivity index is 1.56. The lowest BCUT2D eigenvalue weighted by molar-refractivity contribution is -0.0968. The highest BCUT2D eigenvalue weighted by Gasteiger charge is 2.41. The molecule has 3 heterocycles. The fraction of sp³-hybridized carbons (Fsp3) is 0.458. The number of thiazole rings is 1. The highest BCUT2D eigenvalue weighted by Crippen LogP contribution is 2.40. The average molecular weight is 496 g/mol. The summed E-state index contributed by atoms with van der Waals surface area (Å²) in [4.78, 5) is 6.09. The molecule has 34 heavy (non-hydrogen) atoms. The molecule has 1 saturated heterocycles. The van der Waals surface area contributed by atoms with E-state index in [1.54, 1.807) is 17.6 Å². The Labute approximate surface area is 201 Å². The van der Waals surface area contributed by atoms with Crippen LogP contribution in [0.3, 0.4) is 0 Å². The van der Waals surface area contributed by atoms with Crippen LogP contribution in [0.4, 0.5) is 29.1 Å². The molecule has 0 saturated carbocycles.